The number of methoxy groups -OCH3 is 2. The van der Waals surface area contributed by atoms with E-state index in [9.17, 15) is 10.2 Å². The van der Waals surface area contributed by atoms with Gasteiger partial charge in [0.2, 0.25) is 5.95 Å². The topological polar surface area (TPSA) is 212 Å². The van der Waals surface area contributed by atoms with Gasteiger partial charge in [-0.1, -0.05) is 42.5 Å². The number of rotatable bonds is 8. The number of H-pyrrole nitrogens is 3. The molecule has 50 heavy (non-hydrogen) atoms. The molecule has 15 nitrogen and oxygen atoms in total. The molecule has 0 saturated heterocycles. The molecule has 0 spiro atoms. The molecular formula is C35H33N11O4. The molecule has 3 aromatic carbocycles. The second-order valence-electron chi connectivity index (χ2n) is 11.4. The van der Waals surface area contributed by atoms with Crippen molar-refractivity contribution in [3.63, 3.8) is 0 Å². The summed E-state index contributed by atoms with van der Waals surface area (Å²) in [6.45, 7) is 0.353. The standard InChI is InChI=1S/C21H21N5O3.C14H12N6O/c1-28-15-9-14(10-16(11-15)29-2)26-12-17(27)19(20(26)22)21-23-18(24-25-21)8-13-6-4-3-5-7-13;15-12-11(10(21)7-20(12)14-16-5-6-17-14)13-18-8-3-1-2-4-9(8)19-13/h3-7,9-11,22,27H,8,12H2,1-2H3,(H,23,24,25);1-6,15,21H,7H2,(H,16,17)(H,18,19). The number of benzene rings is 3. The van der Waals surface area contributed by atoms with Crippen LogP contribution in [-0.4, -0.2) is 84.3 Å². The van der Waals surface area contributed by atoms with E-state index in [1.165, 1.54) is 0 Å². The Morgan fingerprint density at radius 3 is 2.20 bits per heavy atom. The van der Waals surface area contributed by atoms with E-state index >= 15 is 0 Å². The van der Waals surface area contributed by atoms with Crippen molar-refractivity contribution in [2.24, 2.45) is 0 Å². The Kier molecular flexibility index (Phi) is 8.43. The first-order chi connectivity index (χ1) is 24.3. The molecule has 0 atom stereocenters. The minimum absolute atomic E-state index is 0.0436. The average Bonchev–Trinajstić information content (AvgIpc) is 3.97. The summed E-state index contributed by atoms with van der Waals surface area (Å²) in [6.07, 6.45) is 3.88. The van der Waals surface area contributed by atoms with Crippen LogP contribution in [0.2, 0.25) is 0 Å². The lowest BCUT2D eigenvalue weighted by Crippen LogP contribution is -2.27. The highest BCUT2D eigenvalue weighted by Crippen LogP contribution is 2.34. The van der Waals surface area contributed by atoms with Crippen molar-refractivity contribution in [2.45, 2.75) is 6.42 Å². The Bertz CT molecular complexity index is 2200. The predicted octanol–water partition coefficient (Wildman–Crippen LogP) is 5.23. The van der Waals surface area contributed by atoms with Crippen molar-refractivity contribution in [1.82, 2.24) is 35.1 Å². The van der Waals surface area contributed by atoms with Crippen LogP contribution >= 0.6 is 0 Å². The molecule has 0 radical (unpaired) electrons. The molecule has 15 heteroatoms. The maximum Gasteiger partial charge on any atom is 0.208 e. The van der Waals surface area contributed by atoms with Crippen LogP contribution in [0.15, 0.2) is 96.7 Å². The number of ether oxygens (including phenoxy) is 2. The number of hydrogen-bond acceptors (Lipinski definition) is 10. The number of nitrogens with zero attached hydrogens (tertiary/aromatic N) is 6. The smallest absolute Gasteiger partial charge is 0.208 e. The van der Waals surface area contributed by atoms with E-state index in [4.69, 9.17) is 20.3 Å². The van der Waals surface area contributed by atoms with Crippen LogP contribution in [-0.2, 0) is 6.42 Å². The quantitative estimate of drug-likeness (QED) is 0.112. The zero-order valence-electron chi connectivity index (χ0n) is 27.1. The molecule has 2 aliphatic rings. The Hall–Kier alpha value is -6.90. The van der Waals surface area contributed by atoms with Crippen LogP contribution in [0.25, 0.3) is 22.2 Å². The highest BCUT2D eigenvalue weighted by molar-refractivity contribution is 6.30. The number of aromatic nitrogens is 7. The molecule has 5 heterocycles. The lowest BCUT2D eigenvalue weighted by atomic mass is 10.1. The van der Waals surface area contributed by atoms with Crippen LogP contribution < -0.4 is 19.3 Å². The Balaban J connectivity index is 0.000000165. The van der Waals surface area contributed by atoms with Crippen molar-refractivity contribution in [2.75, 3.05) is 37.1 Å². The number of aliphatic hydroxyl groups excluding tert-OH is 2. The summed E-state index contributed by atoms with van der Waals surface area (Å²) in [5.41, 5.74) is 4.16. The zero-order chi connectivity index (χ0) is 34.8. The van der Waals surface area contributed by atoms with Gasteiger partial charge >= 0.3 is 0 Å². The molecule has 2 aliphatic heterocycles. The van der Waals surface area contributed by atoms with Gasteiger partial charge in [0.05, 0.1) is 49.6 Å². The SMILES string of the molecule is COc1cc(OC)cc(N2CC(O)=C(c3n[nH]c(Cc4ccccc4)n3)C2=N)c1.N=C1C(c2nc3ccccc3[nH]2)=C(O)CN1c1ncc[nH]1. The van der Waals surface area contributed by atoms with E-state index in [2.05, 4.69) is 35.1 Å². The van der Waals surface area contributed by atoms with Crippen molar-refractivity contribution < 1.29 is 19.7 Å². The molecule has 0 fully saturated rings. The third-order valence-electron chi connectivity index (χ3n) is 8.19. The van der Waals surface area contributed by atoms with Gasteiger partial charge in [0, 0.05) is 37.0 Å². The second-order valence-corrected chi connectivity index (χ2v) is 11.4. The normalized spacial score (nSPS) is 14.5. The predicted molar refractivity (Wildman–Crippen MR) is 189 cm³/mol. The van der Waals surface area contributed by atoms with Gasteiger partial charge in [-0.25, -0.2) is 15.0 Å². The number of aromatic amines is 3. The van der Waals surface area contributed by atoms with Crippen LogP contribution in [0.3, 0.4) is 0 Å². The van der Waals surface area contributed by atoms with E-state index in [0.717, 1.165) is 16.6 Å². The first-order valence-electron chi connectivity index (χ1n) is 15.5. The average molecular weight is 672 g/mol. The molecule has 3 aromatic heterocycles. The van der Waals surface area contributed by atoms with Crippen molar-refractivity contribution >= 4 is 45.5 Å². The van der Waals surface area contributed by atoms with Gasteiger partial charge in [0.25, 0.3) is 0 Å². The summed E-state index contributed by atoms with van der Waals surface area (Å²) in [5, 5.41) is 44.7. The van der Waals surface area contributed by atoms with Gasteiger partial charge in [-0.3, -0.25) is 20.8 Å². The molecule has 6 aromatic rings. The third-order valence-corrected chi connectivity index (χ3v) is 8.19. The molecule has 0 amide bonds. The van der Waals surface area contributed by atoms with E-state index < -0.39 is 0 Å². The summed E-state index contributed by atoms with van der Waals surface area (Å²) < 4.78 is 10.6. The number of anilines is 2. The molecule has 252 valence electrons. The molecule has 0 bridgehead atoms. The maximum atomic E-state index is 10.5. The first kappa shape index (κ1) is 31.7. The largest absolute Gasteiger partial charge is 0.509 e. The Morgan fingerprint density at radius 1 is 0.820 bits per heavy atom. The number of hydrogen-bond donors (Lipinski definition) is 7. The summed E-state index contributed by atoms with van der Waals surface area (Å²) in [7, 11) is 3.13. The Labute approximate surface area is 285 Å². The van der Waals surface area contributed by atoms with Gasteiger partial charge in [0.15, 0.2) is 5.82 Å². The number of nitrogens with one attached hydrogen (secondary N) is 5. The monoisotopic (exact) mass is 671 g/mol. The van der Waals surface area contributed by atoms with Crippen LogP contribution in [0.1, 0.15) is 23.0 Å². The molecule has 8 rings (SSSR count). The van der Waals surface area contributed by atoms with Crippen LogP contribution in [0.4, 0.5) is 11.6 Å². The summed E-state index contributed by atoms with van der Waals surface area (Å²) in [4.78, 5) is 22.4. The third kappa shape index (κ3) is 6.10. The fraction of sp³-hybridized carbons (Fsp3) is 0.143. The number of aliphatic hydroxyl groups is 2. The molecule has 7 N–H and O–H groups in total. The van der Waals surface area contributed by atoms with Crippen LogP contribution in [0, 0.1) is 10.8 Å². The van der Waals surface area contributed by atoms with Gasteiger partial charge in [0.1, 0.15) is 51.9 Å². The minimum Gasteiger partial charge on any atom is -0.509 e. The van der Waals surface area contributed by atoms with Gasteiger partial charge in [-0.05, 0) is 17.7 Å². The van der Waals surface area contributed by atoms with E-state index in [-0.39, 0.29) is 36.3 Å². The number of para-hydroxylation sites is 2. The second kappa shape index (κ2) is 13.3. The fourth-order valence-electron chi connectivity index (χ4n) is 5.74. The molecule has 0 saturated carbocycles. The lowest BCUT2D eigenvalue weighted by Gasteiger charge is -2.20. The van der Waals surface area contributed by atoms with Gasteiger partial charge in [-0.15, -0.1) is 0 Å². The maximum absolute atomic E-state index is 10.5. The van der Waals surface area contributed by atoms with Gasteiger partial charge < -0.3 is 34.6 Å². The molecule has 0 unspecified atom stereocenters. The summed E-state index contributed by atoms with van der Waals surface area (Å²) >= 11 is 0. The fourth-order valence-corrected chi connectivity index (χ4v) is 5.74. The number of amidine groups is 2. The van der Waals surface area contributed by atoms with E-state index in [1.54, 1.807) is 54.6 Å². The Morgan fingerprint density at radius 2 is 1.50 bits per heavy atom. The van der Waals surface area contributed by atoms with Crippen molar-refractivity contribution in [3.8, 4) is 11.5 Å². The molecular weight excluding hydrogens is 638 g/mol. The van der Waals surface area contributed by atoms with E-state index in [1.807, 2.05) is 54.6 Å². The summed E-state index contributed by atoms with van der Waals surface area (Å²) in [6, 6.07) is 22.8. The van der Waals surface area contributed by atoms with E-state index in [0.29, 0.717) is 58.2 Å². The number of fused-ring (bicyclic) bond motifs is 1. The zero-order valence-corrected chi connectivity index (χ0v) is 27.1. The van der Waals surface area contributed by atoms with Gasteiger partial charge in [-0.2, -0.15) is 5.10 Å². The highest BCUT2D eigenvalue weighted by atomic mass is 16.5. The lowest BCUT2D eigenvalue weighted by molar-refractivity contribution is 0.394. The number of imidazole rings is 2. The van der Waals surface area contributed by atoms with Crippen LogP contribution in [0.5, 0.6) is 11.5 Å². The van der Waals surface area contributed by atoms with Crippen molar-refractivity contribution in [1.29, 1.82) is 10.8 Å². The minimum atomic E-state index is 0.0436. The first-order valence-corrected chi connectivity index (χ1v) is 15.5. The highest BCUT2D eigenvalue weighted by Gasteiger charge is 2.33. The van der Waals surface area contributed by atoms with Crippen molar-refractivity contribution in [3.05, 3.63) is 120 Å². The summed E-state index contributed by atoms with van der Waals surface area (Å²) in [5.74, 6) is 3.62. The molecule has 0 aliphatic carbocycles.